The lowest BCUT2D eigenvalue weighted by atomic mass is 10.2. The molecule has 2 rings (SSSR count). The molecule has 0 N–H and O–H groups in total. The van der Waals surface area contributed by atoms with Crippen LogP contribution in [0, 0.1) is 10.1 Å². The molecule has 0 aliphatic heterocycles. The second-order valence-electron chi connectivity index (χ2n) is 4.45. The maximum Gasteiger partial charge on any atom is 0.269 e. The van der Waals surface area contributed by atoms with Crippen LogP contribution in [0.5, 0.6) is 0 Å². The minimum absolute atomic E-state index is 0.126. The van der Waals surface area contributed by atoms with Crippen LogP contribution >= 0.6 is 11.8 Å². The van der Waals surface area contributed by atoms with Crippen molar-refractivity contribution in [3.63, 3.8) is 0 Å². The van der Waals surface area contributed by atoms with Crippen molar-refractivity contribution < 1.29 is 4.92 Å². The van der Waals surface area contributed by atoms with Gasteiger partial charge < -0.3 is 4.90 Å². The first-order valence-electron chi connectivity index (χ1n) is 6.19. The van der Waals surface area contributed by atoms with E-state index in [-0.39, 0.29) is 10.6 Å². The first kappa shape index (κ1) is 14.4. The molecule has 0 fully saturated rings. The Morgan fingerprint density at radius 1 is 1.15 bits per heavy atom. The quantitative estimate of drug-likeness (QED) is 0.475. The van der Waals surface area contributed by atoms with E-state index < -0.39 is 0 Å². The van der Waals surface area contributed by atoms with Crippen LogP contribution in [0.15, 0.2) is 53.4 Å². The molecule has 0 amide bonds. The van der Waals surface area contributed by atoms with Gasteiger partial charge in [-0.3, -0.25) is 10.1 Å². The molecule has 2 aromatic carbocycles. The summed E-state index contributed by atoms with van der Waals surface area (Å²) in [6.45, 7) is 0.718. The lowest BCUT2D eigenvalue weighted by molar-refractivity contribution is -0.384. The van der Waals surface area contributed by atoms with Gasteiger partial charge in [0, 0.05) is 30.6 Å². The molecular formula is C15H16N2O2S. The van der Waals surface area contributed by atoms with Gasteiger partial charge in [0.2, 0.25) is 0 Å². The molecule has 0 radical (unpaired) electrons. The monoisotopic (exact) mass is 288 g/mol. The van der Waals surface area contributed by atoms with Gasteiger partial charge >= 0.3 is 0 Å². The van der Waals surface area contributed by atoms with E-state index in [9.17, 15) is 10.1 Å². The first-order chi connectivity index (χ1) is 9.61. The van der Waals surface area contributed by atoms with Crippen molar-refractivity contribution in [2.24, 2.45) is 0 Å². The number of hydrogen-bond donors (Lipinski definition) is 0. The summed E-state index contributed by atoms with van der Waals surface area (Å²) in [6, 6.07) is 14.9. The molecule has 0 saturated carbocycles. The first-order valence-corrected chi connectivity index (χ1v) is 7.42. The molecule has 0 heterocycles. The van der Waals surface area contributed by atoms with Gasteiger partial charge in [-0.25, -0.2) is 0 Å². The molecule has 0 atom stereocenters. The van der Waals surface area contributed by atoms with Crippen LogP contribution in [0.1, 0.15) is 5.56 Å². The Hall–Kier alpha value is -2.01. The van der Waals surface area contributed by atoms with Crippen molar-refractivity contribution in [3.05, 3.63) is 64.2 Å². The molecule has 0 spiro atoms. The summed E-state index contributed by atoms with van der Waals surface area (Å²) in [7, 11) is 2.02. The lowest BCUT2D eigenvalue weighted by Gasteiger charge is -2.21. The summed E-state index contributed by atoms with van der Waals surface area (Å²) in [5.74, 6) is 0. The Morgan fingerprint density at radius 2 is 1.80 bits per heavy atom. The number of benzene rings is 2. The summed E-state index contributed by atoms with van der Waals surface area (Å²) in [4.78, 5) is 13.6. The van der Waals surface area contributed by atoms with Gasteiger partial charge in [0.25, 0.3) is 5.69 Å². The largest absolute Gasteiger partial charge is 0.369 e. The lowest BCUT2D eigenvalue weighted by Crippen LogP contribution is -2.17. The van der Waals surface area contributed by atoms with E-state index >= 15 is 0 Å². The Labute approximate surface area is 122 Å². The standard InChI is InChI=1S/C15H16N2O2S/c1-16(14-5-3-4-6-15(14)20-2)11-12-7-9-13(10-8-12)17(18)19/h3-10H,11H2,1-2H3. The topological polar surface area (TPSA) is 46.4 Å². The van der Waals surface area contributed by atoms with Crippen LogP contribution in [0.4, 0.5) is 11.4 Å². The Kier molecular flexibility index (Phi) is 4.63. The zero-order valence-corrected chi connectivity index (χ0v) is 12.3. The number of nitro benzene ring substituents is 1. The molecule has 5 heteroatoms. The highest BCUT2D eigenvalue weighted by atomic mass is 32.2. The van der Waals surface area contributed by atoms with Crippen molar-refractivity contribution >= 4 is 23.1 Å². The van der Waals surface area contributed by atoms with Gasteiger partial charge in [0.15, 0.2) is 0 Å². The summed E-state index contributed by atoms with van der Waals surface area (Å²) < 4.78 is 0. The highest BCUT2D eigenvalue weighted by molar-refractivity contribution is 7.98. The van der Waals surface area contributed by atoms with E-state index in [0.29, 0.717) is 0 Å². The molecule has 2 aromatic rings. The van der Waals surface area contributed by atoms with E-state index in [1.807, 2.05) is 19.2 Å². The van der Waals surface area contributed by atoms with Gasteiger partial charge in [-0.05, 0) is 24.0 Å². The van der Waals surface area contributed by atoms with E-state index in [0.717, 1.165) is 12.1 Å². The SMILES string of the molecule is CSc1ccccc1N(C)Cc1ccc([N+](=O)[O-])cc1. The highest BCUT2D eigenvalue weighted by Crippen LogP contribution is 2.28. The average molecular weight is 288 g/mol. The number of thioether (sulfide) groups is 1. The molecule has 104 valence electrons. The smallest absolute Gasteiger partial charge is 0.269 e. The predicted molar refractivity (Wildman–Crippen MR) is 83.4 cm³/mol. The minimum Gasteiger partial charge on any atom is -0.369 e. The van der Waals surface area contributed by atoms with E-state index in [4.69, 9.17) is 0 Å². The van der Waals surface area contributed by atoms with Crippen molar-refractivity contribution in [1.29, 1.82) is 0 Å². The summed E-state index contributed by atoms with van der Waals surface area (Å²) >= 11 is 1.71. The van der Waals surface area contributed by atoms with E-state index in [1.165, 1.54) is 10.6 Å². The van der Waals surface area contributed by atoms with Crippen LogP contribution in [0.25, 0.3) is 0 Å². The minimum atomic E-state index is -0.378. The van der Waals surface area contributed by atoms with Gasteiger partial charge in [-0.15, -0.1) is 11.8 Å². The predicted octanol–water partition coefficient (Wildman–Crippen LogP) is 3.95. The second kappa shape index (κ2) is 6.43. The average Bonchev–Trinajstić information content (AvgIpc) is 2.47. The number of hydrogen-bond acceptors (Lipinski definition) is 4. The fourth-order valence-electron chi connectivity index (χ4n) is 2.03. The van der Waals surface area contributed by atoms with Crippen LogP contribution in [0.2, 0.25) is 0 Å². The summed E-state index contributed by atoms with van der Waals surface area (Å²) in [5.41, 5.74) is 2.34. The number of para-hydroxylation sites is 1. The zero-order chi connectivity index (χ0) is 14.5. The molecule has 0 aromatic heterocycles. The number of non-ortho nitro benzene ring substituents is 1. The van der Waals surface area contributed by atoms with Gasteiger partial charge in [-0.1, -0.05) is 24.3 Å². The number of nitro groups is 1. The summed E-state index contributed by atoms with van der Waals surface area (Å²) in [6.07, 6.45) is 2.05. The van der Waals surface area contributed by atoms with Crippen LogP contribution in [-0.2, 0) is 6.54 Å². The van der Waals surface area contributed by atoms with Crippen molar-refractivity contribution in [2.75, 3.05) is 18.2 Å². The Balaban J connectivity index is 2.14. The van der Waals surface area contributed by atoms with Gasteiger partial charge in [-0.2, -0.15) is 0 Å². The van der Waals surface area contributed by atoms with Crippen molar-refractivity contribution in [3.8, 4) is 0 Å². The van der Waals surface area contributed by atoms with Crippen molar-refractivity contribution in [1.82, 2.24) is 0 Å². The highest BCUT2D eigenvalue weighted by Gasteiger charge is 2.08. The second-order valence-corrected chi connectivity index (χ2v) is 5.30. The maximum absolute atomic E-state index is 10.6. The Morgan fingerprint density at radius 3 is 2.40 bits per heavy atom. The molecule has 0 aliphatic carbocycles. The molecule has 20 heavy (non-hydrogen) atoms. The number of nitrogens with zero attached hydrogens (tertiary/aromatic N) is 2. The summed E-state index contributed by atoms with van der Waals surface area (Å²) in [5, 5.41) is 10.6. The van der Waals surface area contributed by atoms with E-state index in [2.05, 4.69) is 23.3 Å². The Bertz CT molecular complexity index is 599. The van der Waals surface area contributed by atoms with Crippen LogP contribution in [0.3, 0.4) is 0 Å². The molecular weight excluding hydrogens is 272 g/mol. The molecule has 4 nitrogen and oxygen atoms in total. The fourth-order valence-corrected chi connectivity index (χ4v) is 2.67. The number of rotatable bonds is 5. The zero-order valence-electron chi connectivity index (χ0n) is 11.4. The molecule has 0 bridgehead atoms. The van der Waals surface area contributed by atoms with Crippen LogP contribution < -0.4 is 4.90 Å². The normalized spacial score (nSPS) is 10.3. The maximum atomic E-state index is 10.6. The molecule has 0 aliphatic rings. The van der Waals surface area contributed by atoms with Gasteiger partial charge in [0.05, 0.1) is 10.6 Å². The third-order valence-corrected chi connectivity index (χ3v) is 3.85. The van der Waals surface area contributed by atoms with Crippen molar-refractivity contribution in [2.45, 2.75) is 11.4 Å². The number of anilines is 1. The molecule has 0 unspecified atom stereocenters. The third kappa shape index (κ3) is 3.30. The molecule has 0 saturated heterocycles. The fraction of sp³-hybridized carbons (Fsp3) is 0.200. The van der Waals surface area contributed by atoms with Gasteiger partial charge in [0.1, 0.15) is 0 Å². The van der Waals surface area contributed by atoms with E-state index in [1.54, 1.807) is 36.0 Å². The third-order valence-electron chi connectivity index (χ3n) is 3.06. The van der Waals surface area contributed by atoms with Crippen LogP contribution in [-0.4, -0.2) is 18.2 Å².